The number of aliphatic carboxylic acids is 1. The van der Waals surface area contributed by atoms with Gasteiger partial charge in [-0.1, -0.05) is 23.7 Å². The summed E-state index contributed by atoms with van der Waals surface area (Å²) in [5.41, 5.74) is 0.388. The third kappa shape index (κ3) is 3.61. The van der Waals surface area contributed by atoms with Gasteiger partial charge in [0, 0.05) is 0 Å². The summed E-state index contributed by atoms with van der Waals surface area (Å²) in [6.45, 7) is -0.931. The van der Waals surface area contributed by atoms with Gasteiger partial charge in [-0.3, -0.25) is 14.4 Å². The van der Waals surface area contributed by atoms with Crippen LogP contribution in [0.25, 0.3) is 0 Å². The van der Waals surface area contributed by atoms with E-state index in [0.717, 1.165) is 4.90 Å². The Morgan fingerprint density at radius 2 is 1.70 bits per heavy atom. The number of carbonyl (C=O) groups excluding carboxylic acids is 2. The molecule has 0 saturated carbocycles. The first-order valence-corrected chi connectivity index (χ1v) is 8.10. The van der Waals surface area contributed by atoms with Crippen LogP contribution in [0.4, 0.5) is 14.5 Å². The second-order valence-corrected chi connectivity index (χ2v) is 6.09. The number of hydrogen-bond donors (Lipinski definition) is 1. The molecule has 9 heteroatoms. The Kier molecular flexibility index (Phi) is 5.09. The molecule has 0 bridgehead atoms. The summed E-state index contributed by atoms with van der Waals surface area (Å²) in [6, 6.07) is 8.35. The van der Waals surface area contributed by atoms with Crippen molar-refractivity contribution in [2.75, 3.05) is 11.5 Å². The van der Waals surface area contributed by atoms with Crippen LogP contribution in [0.2, 0.25) is 5.02 Å². The minimum Gasteiger partial charge on any atom is -0.487 e. The number of anilines is 1. The molecule has 3 rings (SSSR count). The number of halogens is 3. The van der Waals surface area contributed by atoms with E-state index < -0.39 is 30.8 Å². The molecule has 0 saturated heterocycles. The zero-order valence-corrected chi connectivity index (χ0v) is 14.4. The summed E-state index contributed by atoms with van der Waals surface area (Å²) >= 11 is 6.03. The van der Waals surface area contributed by atoms with Gasteiger partial charge >= 0.3 is 5.97 Å². The Hall–Kier alpha value is -3.00. The summed E-state index contributed by atoms with van der Waals surface area (Å²) < 4.78 is 29.8. The van der Waals surface area contributed by atoms with Crippen LogP contribution in [0, 0.1) is 0 Å². The van der Waals surface area contributed by atoms with Crippen molar-refractivity contribution >= 4 is 35.1 Å². The van der Waals surface area contributed by atoms with Crippen molar-refractivity contribution in [3.8, 4) is 5.75 Å². The van der Waals surface area contributed by atoms with Crippen molar-refractivity contribution in [2.24, 2.45) is 0 Å². The first kappa shape index (κ1) is 18.8. The number of amides is 2. The van der Waals surface area contributed by atoms with Gasteiger partial charge in [0.05, 0.1) is 28.3 Å². The van der Waals surface area contributed by atoms with Crippen LogP contribution in [0.3, 0.4) is 0 Å². The van der Waals surface area contributed by atoms with Gasteiger partial charge in [0.25, 0.3) is 18.2 Å². The van der Waals surface area contributed by atoms with Crippen molar-refractivity contribution in [1.29, 1.82) is 0 Å². The number of carbonyl (C=O) groups is 3. The molecule has 1 aliphatic heterocycles. The number of imide groups is 1. The van der Waals surface area contributed by atoms with Crippen molar-refractivity contribution in [1.82, 2.24) is 0 Å². The molecule has 1 aliphatic rings. The maximum atomic E-state index is 12.8. The van der Waals surface area contributed by atoms with Gasteiger partial charge in [0.2, 0.25) is 0 Å². The van der Waals surface area contributed by atoms with E-state index in [1.807, 2.05) is 0 Å². The van der Waals surface area contributed by atoms with Crippen molar-refractivity contribution in [3.05, 3.63) is 58.1 Å². The lowest BCUT2D eigenvalue weighted by Gasteiger charge is -2.14. The van der Waals surface area contributed by atoms with E-state index >= 15 is 0 Å². The Morgan fingerprint density at radius 3 is 2.30 bits per heavy atom. The zero-order valence-electron chi connectivity index (χ0n) is 13.6. The lowest BCUT2D eigenvalue weighted by Crippen LogP contribution is -2.29. The van der Waals surface area contributed by atoms with E-state index in [-0.39, 0.29) is 34.0 Å². The van der Waals surface area contributed by atoms with Gasteiger partial charge in [0.15, 0.2) is 0 Å². The van der Waals surface area contributed by atoms with E-state index in [4.69, 9.17) is 21.4 Å². The summed E-state index contributed by atoms with van der Waals surface area (Å²) in [5, 5.41) is 8.80. The van der Waals surface area contributed by atoms with Crippen LogP contribution in [0.5, 0.6) is 5.75 Å². The highest BCUT2D eigenvalue weighted by atomic mass is 35.5. The third-order valence-corrected chi connectivity index (χ3v) is 4.18. The zero-order chi connectivity index (χ0) is 19.7. The van der Waals surface area contributed by atoms with E-state index in [9.17, 15) is 23.2 Å². The molecular formula is C18H12ClF2NO5. The van der Waals surface area contributed by atoms with Gasteiger partial charge in [-0.25, -0.2) is 13.7 Å². The first-order valence-electron chi connectivity index (χ1n) is 7.72. The van der Waals surface area contributed by atoms with Crippen LogP contribution < -0.4 is 9.64 Å². The predicted molar refractivity (Wildman–Crippen MR) is 91.9 cm³/mol. The SMILES string of the molecule is O=C(O)Cc1ccc(N2C(=O)c3c(Cl)ccc(OCC(F)F)c3C2=O)cc1. The molecule has 140 valence electrons. The first-order chi connectivity index (χ1) is 12.8. The molecule has 1 heterocycles. The van der Waals surface area contributed by atoms with E-state index in [2.05, 4.69) is 0 Å². The molecule has 6 nitrogen and oxygen atoms in total. The molecule has 0 unspecified atom stereocenters. The number of benzene rings is 2. The van der Waals surface area contributed by atoms with E-state index in [1.54, 1.807) is 0 Å². The van der Waals surface area contributed by atoms with Gasteiger partial charge in [-0.05, 0) is 29.8 Å². The number of carboxylic acids is 1. The fourth-order valence-corrected chi connectivity index (χ4v) is 2.98. The fourth-order valence-electron chi connectivity index (χ4n) is 2.74. The van der Waals surface area contributed by atoms with Crippen molar-refractivity contribution in [2.45, 2.75) is 12.8 Å². The molecule has 27 heavy (non-hydrogen) atoms. The van der Waals surface area contributed by atoms with Gasteiger partial charge in [-0.15, -0.1) is 0 Å². The van der Waals surface area contributed by atoms with E-state index in [0.29, 0.717) is 5.56 Å². The number of ether oxygens (including phenoxy) is 1. The molecule has 0 aromatic heterocycles. The Balaban J connectivity index is 1.97. The van der Waals surface area contributed by atoms with Crippen molar-refractivity contribution in [3.63, 3.8) is 0 Å². The lowest BCUT2D eigenvalue weighted by molar-refractivity contribution is -0.136. The molecule has 0 radical (unpaired) electrons. The minimum atomic E-state index is -2.75. The molecule has 1 N–H and O–H groups in total. The largest absolute Gasteiger partial charge is 0.487 e. The normalized spacial score (nSPS) is 13.3. The highest BCUT2D eigenvalue weighted by Crippen LogP contribution is 2.38. The number of carboxylic acid groups (broad SMARTS) is 1. The molecule has 0 atom stereocenters. The Labute approximate surface area is 156 Å². The average Bonchev–Trinajstić information content (AvgIpc) is 2.87. The van der Waals surface area contributed by atoms with E-state index in [1.165, 1.54) is 36.4 Å². The van der Waals surface area contributed by atoms with Gasteiger partial charge in [-0.2, -0.15) is 0 Å². The van der Waals surface area contributed by atoms with Crippen LogP contribution in [0.15, 0.2) is 36.4 Å². The van der Waals surface area contributed by atoms with Gasteiger partial charge < -0.3 is 9.84 Å². The average molecular weight is 396 g/mol. The number of rotatable bonds is 6. The second kappa shape index (κ2) is 7.32. The standard InChI is InChI=1S/C18H12ClF2NO5/c19-11-5-6-12(27-8-13(20)21)16-15(11)17(25)22(18(16)26)10-3-1-9(2-4-10)7-14(23)24/h1-6,13H,7-8H2,(H,23,24). The topological polar surface area (TPSA) is 83.9 Å². The predicted octanol–water partition coefficient (Wildman–Crippen LogP) is 3.41. The molecule has 0 spiro atoms. The minimum absolute atomic E-state index is 0.00209. The third-order valence-electron chi connectivity index (χ3n) is 3.86. The summed E-state index contributed by atoms with van der Waals surface area (Å²) in [7, 11) is 0. The summed E-state index contributed by atoms with van der Waals surface area (Å²) in [5.74, 6) is -2.64. The molecule has 2 amide bonds. The fraction of sp³-hybridized carbons (Fsp3) is 0.167. The number of alkyl halides is 2. The maximum absolute atomic E-state index is 12.8. The highest BCUT2D eigenvalue weighted by molar-refractivity contribution is 6.42. The molecular weight excluding hydrogens is 384 g/mol. The molecule has 0 fully saturated rings. The highest BCUT2D eigenvalue weighted by Gasteiger charge is 2.41. The Morgan fingerprint density at radius 1 is 1.07 bits per heavy atom. The van der Waals surface area contributed by atoms with Crippen LogP contribution in [-0.2, 0) is 11.2 Å². The quantitative estimate of drug-likeness (QED) is 0.758. The maximum Gasteiger partial charge on any atom is 0.307 e. The van der Waals surface area contributed by atoms with Gasteiger partial charge in [0.1, 0.15) is 12.4 Å². The number of hydrogen-bond acceptors (Lipinski definition) is 4. The molecule has 2 aromatic carbocycles. The molecule has 2 aromatic rings. The second-order valence-electron chi connectivity index (χ2n) is 5.68. The van der Waals surface area contributed by atoms with Crippen LogP contribution in [-0.4, -0.2) is 35.9 Å². The monoisotopic (exact) mass is 395 g/mol. The molecule has 0 aliphatic carbocycles. The lowest BCUT2D eigenvalue weighted by atomic mass is 10.1. The number of fused-ring (bicyclic) bond motifs is 1. The summed E-state index contributed by atoms with van der Waals surface area (Å²) in [4.78, 5) is 37.1. The Bertz CT molecular complexity index is 930. The smallest absolute Gasteiger partial charge is 0.307 e. The number of nitrogens with zero attached hydrogens (tertiary/aromatic N) is 1. The van der Waals surface area contributed by atoms with Crippen LogP contribution in [0.1, 0.15) is 26.3 Å². The van der Waals surface area contributed by atoms with Crippen molar-refractivity contribution < 1.29 is 33.0 Å². The van der Waals surface area contributed by atoms with Crippen LogP contribution >= 0.6 is 11.6 Å². The summed E-state index contributed by atoms with van der Waals surface area (Å²) in [6.07, 6.45) is -2.96.